The van der Waals surface area contributed by atoms with Crippen LogP contribution in [0.5, 0.6) is 0 Å². The lowest BCUT2D eigenvalue weighted by Gasteiger charge is -2.40. The highest BCUT2D eigenvalue weighted by Crippen LogP contribution is 2.46. The van der Waals surface area contributed by atoms with Crippen LogP contribution in [0.15, 0.2) is 71.2 Å². The SMILES string of the molecule is COC(=O)C1=C(N)N(c2ccc(F)cc2)C2=C(C(=O)CCC2)[C@@H]1c1ccc(Cl)cc1. The van der Waals surface area contributed by atoms with Gasteiger partial charge >= 0.3 is 5.97 Å². The molecule has 2 aromatic rings. The van der Waals surface area contributed by atoms with E-state index >= 15 is 0 Å². The zero-order chi connectivity index (χ0) is 21.4. The molecule has 0 bridgehead atoms. The maximum Gasteiger partial charge on any atom is 0.338 e. The number of allylic oxidation sites excluding steroid dienone is 2. The van der Waals surface area contributed by atoms with Crippen LogP contribution in [0.25, 0.3) is 0 Å². The Hall–Kier alpha value is -3.12. The van der Waals surface area contributed by atoms with E-state index in [0.717, 1.165) is 11.3 Å². The summed E-state index contributed by atoms with van der Waals surface area (Å²) < 4.78 is 18.5. The zero-order valence-electron chi connectivity index (χ0n) is 16.3. The molecule has 0 spiro atoms. The molecule has 0 saturated heterocycles. The molecule has 2 aromatic carbocycles. The molecule has 30 heavy (non-hydrogen) atoms. The fourth-order valence-electron chi connectivity index (χ4n) is 4.17. The number of anilines is 1. The van der Waals surface area contributed by atoms with Crippen LogP contribution in [0.1, 0.15) is 30.7 Å². The molecule has 1 heterocycles. The van der Waals surface area contributed by atoms with Crippen molar-refractivity contribution < 1.29 is 18.7 Å². The van der Waals surface area contributed by atoms with Crippen LogP contribution in [0.3, 0.4) is 0 Å². The van der Waals surface area contributed by atoms with Gasteiger partial charge in [-0.15, -0.1) is 0 Å². The van der Waals surface area contributed by atoms with E-state index in [2.05, 4.69) is 0 Å². The molecule has 2 aliphatic rings. The van der Waals surface area contributed by atoms with E-state index in [0.29, 0.717) is 35.5 Å². The van der Waals surface area contributed by atoms with E-state index in [1.807, 2.05) is 0 Å². The number of ketones is 1. The second-order valence-electron chi connectivity index (χ2n) is 7.22. The first-order valence-corrected chi connectivity index (χ1v) is 9.95. The average Bonchev–Trinajstić information content (AvgIpc) is 2.74. The molecule has 0 aromatic heterocycles. The number of halogens is 2. The number of rotatable bonds is 3. The van der Waals surface area contributed by atoms with Crippen molar-refractivity contribution in [2.24, 2.45) is 5.73 Å². The van der Waals surface area contributed by atoms with Crippen LogP contribution < -0.4 is 10.6 Å². The van der Waals surface area contributed by atoms with Gasteiger partial charge in [-0.2, -0.15) is 0 Å². The molecule has 7 heteroatoms. The predicted octanol–water partition coefficient (Wildman–Crippen LogP) is 4.43. The van der Waals surface area contributed by atoms with Crippen molar-refractivity contribution >= 4 is 29.0 Å². The summed E-state index contributed by atoms with van der Waals surface area (Å²) >= 11 is 6.04. The van der Waals surface area contributed by atoms with Gasteiger partial charge in [-0.05, 0) is 54.8 Å². The first-order chi connectivity index (χ1) is 14.4. The Kier molecular flexibility index (Phi) is 5.35. The molecule has 0 saturated carbocycles. The third kappa shape index (κ3) is 3.37. The lowest BCUT2D eigenvalue weighted by atomic mass is 9.75. The second kappa shape index (κ2) is 7.95. The largest absolute Gasteiger partial charge is 0.466 e. The van der Waals surface area contributed by atoms with Crippen LogP contribution >= 0.6 is 11.6 Å². The molecule has 0 amide bonds. The van der Waals surface area contributed by atoms with Crippen molar-refractivity contribution in [3.05, 3.63) is 87.6 Å². The van der Waals surface area contributed by atoms with Crippen LogP contribution in [0.2, 0.25) is 5.02 Å². The lowest BCUT2D eigenvalue weighted by molar-refractivity contribution is -0.136. The normalized spacial score (nSPS) is 19.1. The van der Waals surface area contributed by atoms with Crippen molar-refractivity contribution in [3.63, 3.8) is 0 Å². The Morgan fingerprint density at radius 1 is 1.13 bits per heavy atom. The first kappa shape index (κ1) is 20.2. The average molecular weight is 427 g/mol. The van der Waals surface area contributed by atoms with E-state index in [1.54, 1.807) is 41.3 Å². The molecule has 2 N–H and O–H groups in total. The summed E-state index contributed by atoms with van der Waals surface area (Å²) in [6.45, 7) is 0. The number of hydrogen-bond acceptors (Lipinski definition) is 5. The lowest BCUT2D eigenvalue weighted by Crippen LogP contribution is -2.40. The highest BCUT2D eigenvalue weighted by Gasteiger charge is 2.42. The number of benzene rings is 2. The van der Waals surface area contributed by atoms with E-state index in [9.17, 15) is 14.0 Å². The molecular weight excluding hydrogens is 407 g/mol. The molecule has 1 atom stereocenters. The number of esters is 1. The standard InChI is InChI=1S/C23H20ClFN2O3/c1-30-23(29)21-19(13-5-7-14(24)8-6-13)20-17(3-2-4-18(20)28)27(22(21)26)16-11-9-15(25)10-12-16/h5-12,19H,2-4,26H2,1H3/t19-/m0/s1. The van der Waals surface area contributed by atoms with Gasteiger partial charge in [0.1, 0.15) is 11.6 Å². The van der Waals surface area contributed by atoms with E-state index in [1.165, 1.54) is 19.2 Å². The molecule has 0 unspecified atom stereocenters. The number of ether oxygens (including phenoxy) is 1. The van der Waals surface area contributed by atoms with Gasteiger partial charge in [0, 0.05) is 28.4 Å². The molecular formula is C23H20ClFN2O3. The fraction of sp³-hybridized carbons (Fsp3) is 0.217. The number of methoxy groups -OCH3 is 1. The number of carbonyl (C=O) groups is 2. The minimum atomic E-state index is -0.658. The Balaban J connectivity index is 1.99. The summed E-state index contributed by atoms with van der Waals surface area (Å²) in [4.78, 5) is 27.6. The van der Waals surface area contributed by atoms with Crippen molar-refractivity contribution in [2.45, 2.75) is 25.2 Å². The van der Waals surface area contributed by atoms with E-state index in [4.69, 9.17) is 22.1 Å². The smallest absolute Gasteiger partial charge is 0.338 e. The third-order valence-corrected chi connectivity index (χ3v) is 5.74. The van der Waals surface area contributed by atoms with Crippen LogP contribution in [0, 0.1) is 5.82 Å². The third-order valence-electron chi connectivity index (χ3n) is 5.49. The summed E-state index contributed by atoms with van der Waals surface area (Å²) in [5.74, 6) is -1.54. The van der Waals surface area contributed by atoms with Crippen molar-refractivity contribution in [3.8, 4) is 0 Å². The van der Waals surface area contributed by atoms with Gasteiger partial charge in [0.05, 0.1) is 18.6 Å². The van der Waals surface area contributed by atoms with Crippen LogP contribution in [-0.2, 0) is 14.3 Å². The van der Waals surface area contributed by atoms with Gasteiger partial charge in [-0.1, -0.05) is 23.7 Å². The highest BCUT2D eigenvalue weighted by molar-refractivity contribution is 6.30. The number of nitrogens with two attached hydrogens (primary N) is 1. The van der Waals surface area contributed by atoms with Crippen LogP contribution in [0.4, 0.5) is 10.1 Å². The topological polar surface area (TPSA) is 72.6 Å². The maximum atomic E-state index is 13.5. The monoisotopic (exact) mass is 426 g/mol. The first-order valence-electron chi connectivity index (χ1n) is 9.57. The summed E-state index contributed by atoms with van der Waals surface area (Å²) in [6, 6.07) is 12.8. The molecule has 5 nitrogen and oxygen atoms in total. The molecule has 1 aliphatic heterocycles. The highest BCUT2D eigenvalue weighted by atomic mass is 35.5. The van der Waals surface area contributed by atoms with Gasteiger partial charge < -0.3 is 10.5 Å². The minimum absolute atomic E-state index is 0.0442. The van der Waals surface area contributed by atoms with Crippen molar-refractivity contribution in [1.29, 1.82) is 0 Å². The van der Waals surface area contributed by atoms with Crippen molar-refractivity contribution in [1.82, 2.24) is 0 Å². The number of Topliss-reactive ketones (excluding diaryl/α,β-unsaturated/α-hetero) is 1. The van der Waals surface area contributed by atoms with Gasteiger partial charge in [0.25, 0.3) is 0 Å². The quantitative estimate of drug-likeness (QED) is 0.735. The number of carbonyl (C=O) groups excluding carboxylic acids is 2. The molecule has 154 valence electrons. The van der Waals surface area contributed by atoms with Gasteiger partial charge in [-0.3, -0.25) is 9.69 Å². The maximum absolute atomic E-state index is 13.5. The molecule has 0 radical (unpaired) electrons. The Morgan fingerprint density at radius 3 is 2.43 bits per heavy atom. The van der Waals surface area contributed by atoms with Crippen LogP contribution in [-0.4, -0.2) is 18.9 Å². The van der Waals surface area contributed by atoms with E-state index in [-0.39, 0.29) is 23.0 Å². The summed E-state index contributed by atoms with van der Waals surface area (Å²) in [6.07, 6.45) is 1.66. The number of hydrogen-bond donors (Lipinski definition) is 1. The van der Waals surface area contributed by atoms with Gasteiger partial charge in [-0.25, -0.2) is 9.18 Å². The summed E-state index contributed by atoms with van der Waals surface area (Å²) in [5.41, 5.74) is 9.24. The summed E-state index contributed by atoms with van der Waals surface area (Å²) in [5, 5.41) is 0.545. The van der Waals surface area contributed by atoms with Gasteiger partial charge in [0.2, 0.25) is 0 Å². The number of nitrogens with zero attached hydrogens (tertiary/aromatic N) is 1. The molecule has 1 aliphatic carbocycles. The van der Waals surface area contributed by atoms with Gasteiger partial charge in [0.15, 0.2) is 5.78 Å². The Bertz CT molecular complexity index is 1070. The predicted molar refractivity (Wildman–Crippen MR) is 112 cm³/mol. The minimum Gasteiger partial charge on any atom is -0.466 e. The zero-order valence-corrected chi connectivity index (χ0v) is 17.1. The summed E-state index contributed by atoms with van der Waals surface area (Å²) in [7, 11) is 1.27. The Morgan fingerprint density at radius 2 is 1.80 bits per heavy atom. The van der Waals surface area contributed by atoms with E-state index < -0.39 is 11.9 Å². The second-order valence-corrected chi connectivity index (χ2v) is 7.66. The Labute approximate surface area is 178 Å². The van der Waals surface area contributed by atoms with Crippen molar-refractivity contribution in [2.75, 3.05) is 12.0 Å². The molecule has 4 rings (SSSR count). The molecule has 0 fully saturated rings. The fourth-order valence-corrected chi connectivity index (χ4v) is 4.30.